The molecule has 1 aromatic carbocycles. The van der Waals surface area contributed by atoms with Crippen molar-refractivity contribution in [2.24, 2.45) is 0 Å². The second-order valence-corrected chi connectivity index (χ2v) is 8.19. The zero-order chi connectivity index (χ0) is 19.5. The molecule has 0 bridgehead atoms. The van der Waals surface area contributed by atoms with Gasteiger partial charge in [0.25, 0.3) is 0 Å². The van der Waals surface area contributed by atoms with Crippen LogP contribution in [0.4, 0.5) is 4.39 Å². The van der Waals surface area contributed by atoms with E-state index < -0.39 is 0 Å². The predicted molar refractivity (Wildman–Crippen MR) is 109 cm³/mol. The minimum Gasteiger partial charge on any atom is -0.342 e. The van der Waals surface area contributed by atoms with E-state index in [1.807, 2.05) is 35.5 Å². The van der Waals surface area contributed by atoms with Crippen molar-refractivity contribution in [1.29, 1.82) is 0 Å². The number of hydrogen-bond acceptors (Lipinski definition) is 4. The summed E-state index contributed by atoms with van der Waals surface area (Å²) in [6.07, 6.45) is 4.20. The molecule has 2 aromatic heterocycles. The van der Waals surface area contributed by atoms with Gasteiger partial charge in [0, 0.05) is 35.6 Å². The highest BCUT2D eigenvalue weighted by molar-refractivity contribution is 7.10. The zero-order valence-electron chi connectivity index (χ0n) is 15.8. The van der Waals surface area contributed by atoms with Crippen LogP contribution in [0.5, 0.6) is 0 Å². The number of rotatable bonds is 4. The van der Waals surface area contributed by atoms with Crippen molar-refractivity contribution < 1.29 is 9.18 Å². The van der Waals surface area contributed by atoms with Gasteiger partial charge in [-0.2, -0.15) is 0 Å². The molecule has 1 atom stereocenters. The van der Waals surface area contributed by atoms with Crippen LogP contribution in [0.3, 0.4) is 0 Å². The number of likely N-dealkylation sites (tertiary alicyclic amines) is 1. The van der Waals surface area contributed by atoms with Gasteiger partial charge in [-0.3, -0.25) is 4.79 Å². The molecule has 4 rings (SSSR count). The van der Waals surface area contributed by atoms with Crippen molar-refractivity contribution in [3.63, 3.8) is 0 Å². The number of thiophene rings is 1. The van der Waals surface area contributed by atoms with E-state index in [0.29, 0.717) is 18.8 Å². The van der Waals surface area contributed by atoms with Gasteiger partial charge in [-0.15, -0.1) is 11.3 Å². The molecule has 0 aliphatic carbocycles. The third-order valence-corrected chi connectivity index (χ3v) is 6.04. The first-order chi connectivity index (χ1) is 13.6. The highest BCUT2D eigenvalue weighted by Crippen LogP contribution is 2.33. The summed E-state index contributed by atoms with van der Waals surface area (Å²) < 4.78 is 13.3. The maximum absolute atomic E-state index is 13.3. The largest absolute Gasteiger partial charge is 0.342 e. The summed E-state index contributed by atoms with van der Waals surface area (Å²) >= 11 is 1.62. The minimum absolute atomic E-state index is 0.155. The van der Waals surface area contributed by atoms with Crippen molar-refractivity contribution >= 4 is 17.2 Å². The van der Waals surface area contributed by atoms with E-state index in [9.17, 15) is 9.18 Å². The number of nitrogens with zero attached hydrogens (tertiary/aromatic N) is 3. The SMILES string of the molecule is Cc1ncc(-c2ccc(F)cc2)c([C@H]2CCCN(C(=O)Cc3cccs3)C2)n1. The Labute approximate surface area is 168 Å². The number of aryl methyl sites for hydroxylation is 1. The van der Waals surface area contributed by atoms with Crippen molar-refractivity contribution in [2.75, 3.05) is 13.1 Å². The van der Waals surface area contributed by atoms with Crippen LogP contribution < -0.4 is 0 Å². The van der Waals surface area contributed by atoms with Crippen LogP contribution in [0.25, 0.3) is 11.1 Å². The van der Waals surface area contributed by atoms with Crippen LogP contribution in [0.15, 0.2) is 48.0 Å². The summed E-state index contributed by atoms with van der Waals surface area (Å²) in [5.41, 5.74) is 2.77. The Kier molecular flexibility index (Phi) is 5.48. The fraction of sp³-hybridized carbons (Fsp3) is 0.318. The van der Waals surface area contributed by atoms with Crippen LogP contribution in [-0.4, -0.2) is 33.9 Å². The van der Waals surface area contributed by atoms with Crippen LogP contribution in [0.1, 0.15) is 35.2 Å². The summed E-state index contributed by atoms with van der Waals surface area (Å²) in [7, 11) is 0. The average molecular weight is 396 g/mol. The number of aromatic nitrogens is 2. The van der Waals surface area contributed by atoms with Gasteiger partial charge in [-0.25, -0.2) is 14.4 Å². The maximum Gasteiger partial charge on any atom is 0.227 e. The van der Waals surface area contributed by atoms with Crippen molar-refractivity contribution in [3.8, 4) is 11.1 Å². The molecule has 144 valence electrons. The number of hydrogen-bond donors (Lipinski definition) is 0. The first kappa shape index (κ1) is 18.7. The molecule has 1 saturated heterocycles. The normalized spacial score (nSPS) is 16.9. The van der Waals surface area contributed by atoms with Gasteiger partial charge < -0.3 is 4.90 Å². The molecule has 0 N–H and O–H groups in total. The topological polar surface area (TPSA) is 46.1 Å². The zero-order valence-corrected chi connectivity index (χ0v) is 16.6. The van der Waals surface area contributed by atoms with Gasteiger partial charge >= 0.3 is 0 Å². The molecular weight excluding hydrogens is 373 g/mol. The fourth-order valence-electron chi connectivity index (χ4n) is 3.75. The third-order valence-electron chi connectivity index (χ3n) is 5.16. The smallest absolute Gasteiger partial charge is 0.227 e. The molecule has 1 aliphatic rings. The first-order valence-electron chi connectivity index (χ1n) is 9.50. The Balaban J connectivity index is 1.58. The van der Waals surface area contributed by atoms with Gasteiger partial charge in [0.15, 0.2) is 0 Å². The second kappa shape index (κ2) is 8.19. The molecule has 1 fully saturated rings. The molecule has 1 amide bonds. The Morgan fingerprint density at radius 1 is 1.29 bits per heavy atom. The minimum atomic E-state index is -0.263. The molecule has 3 heterocycles. The molecule has 3 aromatic rings. The number of benzene rings is 1. The fourth-order valence-corrected chi connectivity index (χ4v) is 4.45. The molecule has 6 heteroatoms. The summed E-state index contributed by atoms with van der Waals surface area (Å²) in [5, 5.41) is 2.00. The number of carbonyl (C=O) groups is 1. The van der Waals surface area contributed by atoms with Crippen molar-refractivity contribution in [2.45, 2.75) is 32.1 Å². The van der Waals surface area contributed by atoms with E-state index in [-0.39, 0.29) is 17.6 Å². The van der Waals surface area contributed by atoms with Crippen molar-refractivity contribution in [1.82, 2.24) is 14.9 Å². The first-order valence-corrected chi connectivity index (χ1v) is 10.4. The lowest BCUT2D eigenvalue weighted by atomic mass is 9.89. The standard InChI is InChI=1S/C22H22FN3OS/c1-15-24-13-20(16-6-8-18(23)9-7-16)22(25-15)17-4-2-10-26(14-17)21(27)12-19-5-3-11-28-19/h3,5-9,11,13,17H,2,4,10,12,14H2,1H3/t17-/m0/s1. The monoisotopic (exact) mass is 395 g/mol. The van der Waals surface area contributed by atoms with E-state index >= 15 is 0 Å². The van der Waals surface area contributed by atoms with Gasteiger partial charge in [0.05, 0.1) is 12.1 Å². The quantitative estimate of drug-likeness (QED) is 0.648. The molecular formula is C22H22FN3OS. The van der Waals surface area contributed by atoms with Crippen LogP contribution in [0.2, 0.25) is 0 Å². The van der Waals surface area contributed by atoms with Gasteiger partial charge in [0.1, 0.15) is 11.6 Å². The lowest BCUT2D eigenvalue weighted by molar-refractivity contribution is -0.131. The summed E-state index contributed by atoms with van der Waals surface area (Å²) in [6, 6.07) is 10.4. The van der Waals surface area contributed by atoms with E-state index in [2.05, 4.69) is 4.98 Å². The maximum atomic E-state index is 13.3. The number of halogens is 1. The predicted octanol–water partition coefficient (Wildman–Crippen LogP) is 4.60. The van der Waals surface area contributed by atoms with Crippen LogP contribution >= 0.6 is 11.3 Å². The second-order valence-electron chi connectivity index (χ2n) is 7.16. The highest BCUT2D eigenvalue weighted by Gasteiger charge is 2.28. The Morgan fingerprint density at radius 2 is 2.11 bits per heavy atom. The Hall–Kier alpha value is -2.60. The molecule has 4 nitrogen and oxygen atoms in total. The number of amides is 1. The summed E-state index contributed by atoms with van der Waals surface area (Å²) in [4.78, 5) is 24.9. The van der Waals surface area contributed by atoms with Gasteiger partial charge in [-0.1, -0.05) is 18.2 Å². The molecule has 28 heavy (non-hydrogen) atoms. The highest BCUT2D eigenvalue weighted by atomic mass is 32.1. The summed E-state index contributed by atoms with van der Waals surface area (Å²) in [6.45, 7) is 3.33. The van der Waals surface area contributed by atoms with Crippen molar-refractivity contribution in [3.05, 3.63) is 70.2 Å². The Morgan fingerprint density at radius 3 is 2.86 bits per heavy atom. The lowest BCUT2D eigenvalue weighted by Gasteiger charge is -2.33. The van der Waals surface area contributed by atoms with Gasteiger partial charge in [0.2, 0.25) is 5.91 Å². The van der Waals surface area contributed by atoms with E-state index in [0.717, 1.165) is 41.1 Å². The van der Waals surface area contributed by atoms with E-state index in [1.165, 1.54) is 12.1 Å². The summed E-state index contributed by atoms with van der Waals surface area (Å²) in [5.74, 6) is 0.772. The number of carbonyl (C=O) groups excluding carboxylic acids is 1. The molecule has 0 spiro atoms. The molecule has 0 unspecified atom stereocenters. The molecule has 0 radical (unpaired) electrons. The van der Waals surface area contributed by atoms with Gasteiger partial charge in [-0.05, 0) is 48.9 Å². The molecule has 1 aliphatic heterocycles. The molecule has 0 saturated carbocycles. The van der Waals surface area contributed by atoms with E-state index in [1.54, 1.807) is 23.5 Å². The Bertz CT molecular complexity index is 956. The third kappa shape index (κ3) is 4.12. The van der Waals surface area contributed by atoms with Crippen LogP contribution in [-0.2, 0) is 11.2 Å². The number of piperidine rings is 1. The van der Waals surface area contributed by atoms with Crippen LogP contribution in [0, 0.1) is 12.7 Å². The van der Waals surface area contributed by atoms with E-state index in [4.69, 9.17) is 4.98 Å². The lowest BCUT2D eigenvalue weighted by Crippen LogP contribution is -2.40. The average Bonchev–Trinajstić information content (AvgIpc) is 3.22.